The normalized spacial score (nSPS) is 15.7. The Balaban J connectivity index is 1.98. The summed E-state index contributed by atoms with van der Waals surface area (Å²) in [6.07, 6.45) is -0.179. The maximum Gasteiger partial charge on any atom is 0.231 e. The van der Waals surface area contributed by atoms with Crippen molar-refractivity contribution in [1.82, 2.24) is 0 Å². The van der Waals surface area contributed by atoms with E-state index in [9.17, 15) is 9.90 Å². The second kappa shape index (κ2) is 4.47. The predicted molar refractivity (Wildman–Crippen MR) is 76.7 cm³/mol. The quantitative estimate of drug-likeness (QED) is 0.914. The van der Waals surface area contributed by atoms with E-state index >= 15 is 0 Å². The molecule has 1 unspecified atom stereocenters. The highest BCUT2D eigenvalue weighted by atomic mass is 32.1. The Hall–Kier alpha value is -1.65. The molecular formula is C15H15NO2S. The maximum absolute atomic E-state index is 11.7. The number of anilines is 1. The number of aliphatic hydroxyl groups excluding tert-OH is 1. The number of likely N-dealkylation sites (N-methyl/N-ethyl adjacent to an activating group) is 1. The van der Waals surface area contributed by atoms with E-state index in [1.54, 1.807) is 23.3 Å². The molecule has 1 aliphatic rings. The highest BCUT2D eigenvalue weighted by Gasteiger charge is 2.25. The fourth-order valence-corrected chi connectivity index (χ4v) is 3.41. The molecule has 2 heterocycles. The van der Waals surface area contributed by atoms with E-state index in [0.717, 1.165) is 27.3 Å². The molecule has 19 heavy (non-hydrogen) atoms. The summed E-state index contributed by atoms with van der Waals surface area (Å²) < 4.78 is 0. The van der Waals surface area contributed by atoms with Crippen LogP contribution in [-0.4, -0.2) is 18.1 Å². The Labute approximate surface area is 116 Å². The summed E-state index contributed by atoms with van der Waals surface area (Å²) in [6.45, 7) is 2.00. The Morgan fingerprint density at radius 3 is 2.84 bits per heavy atom. The lowest BCUT2D eigenvalue weighted by Gasteiger charge is -2.14. The topological polar surface area (TPSA) is 40.5 Å². The van der Waals surface area contributed by atoms with Crippen molar-refractivity contribution in [3.8, 4) is 0 Å². The number of aryl methyl sites for hydroxylation is 1. The number of hydrogen-bond acceptors (Lipinski definition) is 3. The van der Waals surface area contributed by atoms with Crippen molar-refractivity contribution in [2.45, 2.75) is 19.4 Å². The van der Waals surface area contributed by atoms with Crippen molar-refractivity contribution < 1.29 is 9.90 Å². The molecular weight excluding hydrogens is 258 g/mol. The molecule has 1 aromatic heterocycles. The molecule has 0 bridgehead atoms. The predicted octanol–water partition coefficient (Wildman–Crippen LogP) is 2.66. The first-order valence-electron chi connectivity index (χ1n) is 6.19. The van der Waals surface area contributed by atoms with E-state index in [-0.39, 0.29) is 5.91 Å². The highest BCUT2D eigenvalue weighted by molar-refractivity contribution is 7.10. The van der Waals surface area contributed by atoms with Crippen LogP contribution in [0.5, 0.6) is 0 Å². The van der Waals surface area contributed by atoms with Gasteiger partial charge in [0.05, 0.1) is 6.42 Å². The number of aliphatic hydroxyl groups is 1. The first kappa shape index (κ1) is 12.4. The van der Waals surface area contributed by atoms with Gasteiger partial charge in [0, 0.05) is 17.6 Å². The van der Waals surface area contributed by atoms with E-state index in [1.807, 2.05) is 36.6 Å². The average Bonchev–Trinajstić information content (AvgIpc) is 2.93. The lowest BCUT2D eigenvalue weighted by Crippen LogP contribution is -2.20. The third-order valence-electron chi connectivity index (χ3n) is 3.65. The van der Waals surface area contributed by atoms with Crippen molar-refractivity contribution in [2.75, 3.05) is 11.9 Å². The van der Waals surface area contributed by atoms with Gasteiger partial charge in [-0.1, -0.05) is 12.1 Å². The molecule has 1 amide bonds. The van der Waals surface area contributed by atoms with Crippen LogP contribution in [0.4, 0.5) is 5.69 Å². The molecule has 0 saturated heterocycles. The summed E-state index contributed by atoms with van der Waals surface area (Å²) in [5, 5.41) is 12.4. The first-order valence-corrected chi connectivity index (χ1v) is 7.07. The summed E-state index contributed by atoms with van der Waals surface area (Å²) in [7, 11) is 1.79. The molecule has 1 atom stereocenters. The molecule has 0 radical (unpaired) electrons. The number of nitrogens with zero attached hydrogens (tertiary/aromatic N) is 1. The number of carbonyl (C=O) groups is 1. The van der Waals surface area contributed by atoms with Crippen molar-refractivity contribution in [3.05, 3.63) is 51.2 Å². The molecule has 1 aromatic carbocycles. The molecule has 1 aliphatic heterocycles. The smallest absolute Gasteiger partial charge is 0.231 e. The van der Waals surface area contributed by atoms with Gasteiger partial charge in [-0.25, -0.2) is 0 Å². The molecule has 1 N–H and O–H groups in total. The minimum absolute atomic E-state index is 0.106. The largest absolute Gasteiger partial charge is 0.383 e. The zero-order chi connectivity index (χ0) is 13.6. The van der Waals surface area contributed by atoms with Gasteiger partial charge in [-0.05, 0) is 41.1 Å². The van der Waals surface area contributed by atoms with Crippen LogP contribution < -0.4 is 4.90 Å². The number of amides is 1. The van der Waals surface area contributed by atoms with Gasteiger partial charge in [0.15, 0.2) is 0 Å². The van der Waals surface area contributed by atoms with Crippen LogP contribution in [0.25, 0.3) is 0 Å². The molecule has 4 heteroatoms. The second-order valence-corrected chi connectivity index (χ2v) is 5.84. The van der Waals surface area contributed by atoms with Crippen molar-refractivity contribution in [2.24, 2.45) is 0 Å². The molecule has 3 rings (SSSR count). The monoisotopic (exact) mass is 273 g/mol. The SMILES string of the molecule is Cc1ccsc1C(O)c1ccc2c(c1)CC(=O)N2C. The molecule has 0 aliphatic carbocycles. The van der Waals surface area contributed by atoms with Gasteiger partial charge in [-0.3, -0.25) is 4.79 Å². The van der Waals surface area contributed by atoms with Crippen LogP contribution in [0.2, 0.25) is 0 Å². The number of thiophene rings is 1. The van der Waals surface area contributed by atoms with E-state index in [4.69, 9.17) is 0 Å². The van der Waals surface area contributed by atoms with Gasteiger partial charge in [-0.2, -0.15) is 0 Å². The molecule has 2 aromatic rings. The summed E-state index contributed by atoms with van der Waals surface area (Å²) in [5.41, 5.74) is 3.90. The lowest BCUT2D eigenvalue weighted by atomic mass is 10.0. The number of rotatable bonds is 2. The summed E-state index contributed by atoms with van der Waals surface area (Å²) >= 11 is 1.56. The van der Waals surface area contributed by atoms with Crippen LogP contribution in [0.15, 0.2) is 29.6 Å². The minimum Gasteiger partial charge on any atom is -0.383 e. The van der Waals surface area contributed by atoms with Crippen LogP contribution in [0, 0.1) is 6.92 Å². The van der Waals surface area contributed by atoms with Crippen molar-refractivity contribution >= 4 is 22.9 Å². The van der Waals surface area contributed by atoms with E-state index in [0.29, 0.717) is 6.42 Å². The Kier molecular flexibility index (Phi) is 2.92. The highest BCUT2D eigenvalue weighted by Crippen LogP contribution is 2.34. The minimum atomic E-state index is -0.605. The van der Waals surface area contributed by atoms with Gasteiger partial charge in [-0.15, -0.1) is 11.3 Å². The van der Waals surface area contributed by atoms with Crippen LogP contribution in [0.1, 0.15) is 27.7 Å². The van der Waals surface area contributed by atoms with Crippen molar-refractivity contribution in [3.63, 3.8) is 0 Å². The summed E-state index contributed by atoms with van der Waals surface area (Å²) in [6, 6.07) is 7.77. The van der Waals surface area contributed by atoms with E-state index < -0.39 is 6.10 Å². The molecule has 3 nitrogen and oxygen atoms in total. The molecule has 0 fully saturated rings. The fraction of sp³-hybridized carbons (Fsp3) is 0.267. The zero-order valence-electron chi connectivity index (χ0n) is 10.9. The van der Waals surface area contributed by atoms with Gasteiger partial charge in [0.2, 0.25) is 5.91 Å². The second-order valence-electron chi connectivity index (χ2n) is 4.89. The maximum atomic E-state index is 11.7. The molecule has 98 valence electrons. The fourth-order valence-electron chi connectivity index (χ4n) is 2.48. The lowest BCUT2D eigenvalue weighted by molar-refractivity contribution is -0.117. The Morgan fingerprint density at radius 2 is 2.16 bits per heavy atom. The van der Waals surface area contributed by atoms with Gasteiger partial charge in [0.25, 0.3) is 0 Å². The van der Waals surface area contributed by atoms with Crippen LogP contribution in [-0.2, 0) is 11.2 Å². The third-order valence-corrected chi connectivity index (χ3v) is 4.72. The third kappa shape index (κ3) is 1.97. The van der Waals surface area contributed by atoms with Crippen LogP contribution in [0.3, 0.4) is 0 Å². The van der Waals surface area contributed by atoms with Crippen LogP contribution >= 0.6 is 11.3 Å². The van der Waals surface area contributed by atoms with E-state index in [1.165, 1.54) is 0 Å². The Bertz CT molecular complexity index is 647. The molecule has 0 spiro atoms. The summed E-state index contributed by atoms with van der Waals surface area (Å²) in [5.74, 6) is 0.106. The first-order chi connectivity index (χ1) is 9.08. The van der Waals surface area contributed by atoms with Gasteiger partial charge in [0.1, 0.15) is 6.10 Å². The Morgan fingerprint density at radius 1 is 1.37 bits per heavy atom. The zero-order valence-corrected chi connectivity index (χ0v) is 11.7. The van der Waals surface area contributed by atoms with E-state index in [2.05, 4.69) is 0 Å². The van der Waals surface area contributed by atoms with Gasteiger partial charge >= 0.3 is 0 Å². The van der Waals surface area contributed by atoms with Crippen molar-refractivity contribution in [1.29, 1.82) is 0 Å². The number of carbonyl (C=O) groups excluding carboxylic acids is 1. The average molecular weight is 273 g/mol. The summed E-state index contributed by atoms with van der Waals surface area (Å²) in [4.78, 5) is 14.3. The standard InChI is InChI=1S/C15H15NO2S/c1-9-5-6-19-15(9)14(18)10-3-4-12-11(7-10)8-13(17)16(12)2/h3-7,14,18H,8H2,1-2H3. The number of fused-ring (bicyclic) bond motifs is 1. The number of benzene rings is 1. The molecule has 0 saturated carbocycles. The van der Waals surface area contributed by atoms with Gasteiger partial charge < -0.3 is 10.0 Å². The number of hydrogen-bond donors (Lipinski definition) is 1.